The maximum atomic E-state index is 12.7. The average Bonchev–Trinajstić information content (AvgIpc) is 3.75. The number of benzene rings is 1. The van der Waals surface area contributed by atoms with Gasteiger partial charge in [-0.1, -0.05) is 23.8 Å². The topological polar surface area (TPSA) is 73.1 Å². The van der Waals surface area contributed by atoms with Gasteiger partial charge in [0.2, 0.25) is 0 Å². The third kappa shape index (κ3) is 6.20. The van der Waals surface area contributed by atoms with E-state index in [1.54, 1.807) is 13.2 Å². The highest BCUT2D eigenvalue weighted by Crippen LogP contribution is 2.59. The lowest BCUT2D eigenvalue weighted by Crippen LogP contribution is -2.55. The second kappa shape index (κ2) is 11.1. The van der Waals surface area contributed by atoms with Gasteiger partial charge in [-0.2, -0.15) is 0 Å². The summed E-state index contributed by atoms with van der Waals surface area (Å²) < 4.78 is 29.8. The molecule has 3 fully saturated rings. The molecular weight excluding hydrogens is 458 g/mol. The lowest BCUT2D eigenvalue weighted by Gasteiger charge is -2.42. The van der Waals surface area contributed by atoms with Crippen molar-refractivity contribution in [3.05, 3.63) is 47.6 Å². The Morgan fingerprint density at radius 1 is 1.22 bits per heavy atom. The molecule has 0 bridgehead atoms. The normalized spacial score (nSPS) is 33.1. The van der Waals surface area contributed by atoms with E-state index in [4.69, 9.17) is 23.7 Å². The summed E-state index contributed by atoms with van der Waals surface area (Å²) in [5.41, 5.74) is 1.61. The number of allylic oxidation sites excluding steroid dienone is 1. The maximum Gasteiger partial charge on any atom is 0.331 e. The molecule has 0 radical (unpaired) electrons. The molecule has 0 N–H and O–H groups in total. The summed E-state index contributed by atoms with van der Waals surface area (Å²) in [6, 6.07) is 7.67. The third-order valence-corrected chi connectivity index (χ3v) is 7.60. The molecule has 0 aromatic heterocycles. The third-order valence-electron chi connectivity index (χ3n) is 7.60. The first-order valence-corrected chi connectivity index (χ1v) is 12.9. The summed E-state index contributed by atoms with van der Waals surface area (Å²) in [4.78, 5) is 14.8. The van der Waals surface area contributed by atoms with Gasteiger partial charge in [0.1, 0.15) is 35.8 Å². The summed E-state index contributed by atoms with van der Waals surface area (Å²) >= 11 is 0. The number of ether oxygens (including phenoxy) is 5. The lowest BCUT2D eigenvalue weighted by molar-refractivity contribution is -0.166. The minimum absolute atomic E-state index is 0.0149. The van der Waals surface area contributed by atoms with Crippen LogP contribution in [-0.2, 0) is 23.7 Å². The van der Waals surface area contributed by atoms with Gasteiger partial charge in [0, 0.05) is 19.7 Å². The summed E-state index contributed by atoms with van der Waals surface area (Å²) in [6.07, 6.45) is 7.38. The van der Waals surface area contributed by atoms with Crippen molar-refractivity contribution >= 4 is 12.0 Å². The molecule has 2 saturated heterocycles. The second-order valence-corrected chi connectivity index (χ2v) is 10.9. The Morgan fingerprint density at radius 3 is 2.56 bits per heavy atom. The molecule has 1 saturated carbocycles. The van der Waals surface area contributed by atoms with Crippen LogP contribution >= 0.6 is 0 Å². The van der Waals surface area contributed by atoms with E-state index in [9.17, 15) is 4.79 Å². The lowest BCUT2D eigenvalue weighted by atomic mass is 9.68. The number of hydrogen-bond acceptors (Lipinski definition) is 7. The highest BCUT2D eigenvalue weighted by Gasteiger charge is 2.72. The largest absolute Gasteiger partial charge is 0.492 e. The molecule has 3 aliphatic rings. The standard InChI is InChI=1S/C29H41NO6/c1-20(2)7-13-24-28(3,36-24)27-26(32-6)23(15-16-29(27)19-34-29)35-25(31)14-10-21-8-11-22(12-9-21)33-18-17-30(4)5/h7-12,14,23-24,26-27H,13,15-19H2,1-6H3/t23?,24?,26?,27?,28-,29-/m0/s1. The van der Waals surface area contributed by atoms with E-state index < -0.39 is 0 Å². The number of hydrogen-bond donors (Lipinski definition) is 0. The van der Waals surface area contributed by atoms with Gasteiger partial charge in [0.05, 0.1) is 18.6 Å². The Bertz CT molecular complexity index is 962. The van der Waals surface area contributed by atoms with E-state index in [0.29, 0.717) is 19.6 Å². The van der Waals surface area contributed by atoms with Gasteiger partial charge in [-0.3, -0.25) is 0 Å². The van der Waals surface area contributed by atoms with Crippen molar-refractivity contribution < 1.29 is 28.5 Å². The summed E-state index contributed by atoms with van der Waals surface area (Å²) in [6.45, 7) is 8.54. The molecule has 1 aromatic carbocycles. The van der Waals surface area contributed by atoms with E-state index >= 15 is 0 Å². The van der Waals surface area contributed by atoms with Crippen LogP contribution in [0.5, 0.6) is 5.75 Å². The molecule has 0 amide bonds. The predicted octanol–water partition coefficient (Wildman–Crippen LogP) is 4.26. The summed E-state index contributed by atoms with van der Waals surface area (Å²) in [5.74, 6) is 0.450. The molecule has 1 aliphatic carbocycles. The fourth-order valence-electron chi connectivity index (χ4n) is 5.44. The minimum Gasteiger partial charge on any atom is -0.492 e. The smallest absolute Gasteiger partial charge is 0.331 e. The Kier molecular flexibility index (Phi) is 8.25. The molecule has 198 valence electrons. The molecule has 1 aromatic rings. The molecule has 2 aliphatic heterocycles. The fourth-order valence-corrected chi connectivity index (χ4v) is 5.44. The number of rotatable bonds is 11. The van der Waals surface area contributed by atoms with Crippen molar-refractivity contribution in [2.45, 2.75) is 69.5 Å². The van der Waals surface area contributed by atoms with E-state index in [1.807, 2.05) is 38.4 Å². The van der Waals surface area contributed by atoms with Crippen LogP contribution in [0.25, 0.3) is 6.08 Å². The predicted molar refractivity (Wildman–Crippen MR) is 139 cm³/mol. The van der Waals surface area contributed by atoms with E-state index in [0.717, 1.165) is 30.7 Å². The van der Waals surface area contributed by atoms with Crippen LogP contribution in [-0.4, -0.2) is 81.3 Å². The SMILES string of the molecule is COC1C(OC(=O)C=Cc2ccc(OCCN(C)C)cc2)CC[C@]2(CO2)C1[C@@]1(C)OC1CC=C(C)C. The Morgan fingerprint density at radius 2 is 1.94 bits per heavy atom. The first kappa shape index (κ1) is 26.9. The fraction of sp³-hybridized carbons (Fsp3) is 0.621. The highest BCUT2D eigenvalue weighted by atomic mass is 16.6. The molecule has 7 heteroatoms. The van der Waals surface area contributed by atoms with Crippen molar-refractivity contribution in [2.75, 3.05) is 41.0 Å². The first-order valence-electron chi connectivity index (χ1n) is 12.9. The first-order chi connectivity index (χ1) is 17.2. The van der Waals surface area contributed by atoms with Gasteiger partial charge < -0.3 is 28.6 Å². The van der Waals surface area contributed by atoms with Crippen molar-refractivity contribution in [2.24, 2.45) is 5.92 Å². The quantitative estimate of drug-likeness (QED) is 0.195. The number of esters is 1. The van der Waals surface area contributed by atoms with Crippen molar-refractivity contribution in [3.8, 4) is 5.75 Å². The van der Waals surface area contributed by atoms with Crippen molar-refractivity contribution in [1.82, 2.24) is 4.90 Å². The van der Waals surface area contributed by atoms with E-state index in [1.165, 1.54) is 11.6 Å². The van der Waals surface area contributed by atoms with Crippen LogP contribution in [0, 0.1) is 5.92 Å². The van der Waals surface area contributed by atoms with Gasteiger partial charge in [0.25, 0.3) is 0 Å². The zero-order chi connectivity index (χ0) is 25.9. The van der Waals surface area contributed by atoms with Crippen molar-refractivity contribution in [1.29, 1.82) is 0 Å². The number of epoxide rings is 2. The molecule has 4 unspecified atom stereocenters. The summed E-state index contributed by atoms with van der Waals surface area (Å²) in [7, 11) is 5.72. The van der Waals surface area contributed by atoms with E-state index in [-0.39, 0.29) is 41.4 Å². The molecule has 7 nitrogen and oxygen atoms in total. The molecule has 36 heavy (non-hydrogen) atoms. The Hall–Kier alpha value is -2.19. The summed E-state index contributed by atoms with van der Waals surface area (Å²) in [5, 5.41) is 0. The van der Waals surface area contributed by atoms with Crippen LogP contribution in [0.15, 0.2) is 42.0 Å². The van der Waals surface area contributed by atoms with Gasteiger partial charge in [-0.25, -0.2) is 4.79 Å². The number of likely N-dealkylation sites (N-methyl/N-ethyl adjacent to an activating group) is 1. The van der Waals surface area contributed by atoms with Gasteiger partial charge in [-0.15, -0.1) is 0 Å². The zero-order valence-corrected chi connectivity index (χ0v) is 22.5. The van der Waals surface area contributed by atoms with E-state index in [2.05, 4.69) is 31.7 Å². The van der Waals surface area contributed by atoms with Gasteiger partial charge in [-0.05, 0) is 77.9 Å². The Labute approximate surface area is 215 Å². The van der Waals surface area contributed by atoms with Crippen LogP contribution < -0.4 is 4.74 Å². The minimum atomic E-state index is -0.372. The van der Waals surface area contributed by atoms with Gasteiger partial charge >= 0.3 is 5.97 Å². The molecule has 6 atom stereocenters. The van der Waals surface area contributed by atoms with Crippen LogP contribution in [0.2, 0.25) is 0 Å². The number of methoxy groups -OCH3 is 1. The monoisotopic (exact) mass is 499 g/mol. The van der Waals surface area contributed by atoms with Gasteiger partial charge in [0.15, 0.2) is 0 Å². The van der Waals surface area contributed by atoms with Crippen molar-refractivity contribution in [3.63, 3.8) is 0 Å². The number of carbonyl (C=O) groups excluding carboxylic acids is 1. The zero-order valence-electron chi connectivity index (χ0n) is 22.5. The number of nitrogens with zero attached hydrogens (tertiary/aromatic N) is 1. The Balaban J connectivity index is 1.36. The second-order valence-electron chi connectivity index (χ2n) is 10.9. The molecule has 4 rings (SSSR count). The molecular formula is C29H41NO6. The van der Waals surface area contributed by atoms with Crippen LogP contribution in [0.3, 0.4) is 0 Å². The van der Waals surface area contributed by atoms with Crippen LogP contribution in [0.1, 0.15) is 45.6 Å². The highest BCUT2D eigenvalue weighted by molar-refractivity contribution is 5.87. The molecule has 1 spiro atoms. The maximum absolute atomic E-state index is 12.7. The van der Waals surface area contributed by atoms with Crippen LogP contribution in [0.4, 0.5) is 0 Å². The molecule has 2 heterocycles. The average molecular weight is 500 g/mol. The number of carbonyl (C=O) groups is 1.